The molecule has 2 rings (SSSR count). The van der Waals surface area contributed by atoms with Crippen molar-refractivity contribution in [2.45, 2.75) is 19.5 Å². The Bertz CT molecular complexity index is 602. The number of hydrogen-bond donors (Lipinski definition) is 1. The van der Waals surface area contributed by atoms with Crippen LogP contribution in [0.5, 0.6) is 0 Å². The molecule has 1 atom stereocenters. The Labute approximate surface area is 146 Å². The van der Waals surface area contributed by atoms with Crippen molar-refractivity contribution in [3.63, 3.8) is 0 Å². The van der Waals surface area contributed by atoms with Crippen molar-refractivity contribution < 1.29 is 18.0 Å². The summed E-state index contributed by atoms with van der Waals surface area (Å²) in [7, 11) is 1.86. The Morgan fingerprint density at radius 2 is 2.04 bits per heavy atom. The van der Waals surface area contributed by atoms with E-state index in [2.05, 4.69) is 5.32 Å². The minimum atomic E-state index is -4.43. The van der Waals surface area contributed by atoms with E-state index in [-0.39, 0.29) is 23.9 Å². The third-order valence-corrected chi connectivity index (χ3v) is 4.09. The average Bonchev–Trinajstić information content (AvgIpc) is 2.95. The summed E-state index contributed by atoms with van der Waals surface area (Å²) < 4.78 is 39.2. The Morgan fingerprint density at radius 1 is 1.38 bits per heavy atom. The molecule has 1 fully saturated rings. The van der Waals surface area contributed by atoms with Gasteiger partial charge in [0.05, 0.1) is 5.56 Å². The Morgan fingerprint density at radius 3 is 2.67 bits per heavy atom. The van der Waals surface area contributed by atoms with Crippen LogP contribution in [0.25, 0.3) is 5.57 Å². The number of carbonyl (C=O) groups excluding carboxylic acids is 1. The molecule has 0 bridgehead atoms. The molecular weight excluding hydrogens is 341 g/mol. The predicted octanol–water partition coefficient (Wildman–Crippen LogP) is 3.60. The van der Waals surface area contributed by atoms with E-state index in [9.17, 15) is 18.0 Å². The fourth-order valence-electron chi connectivity index (χ4n) is 2.92. The van der Waals surface area contributed by atoms with Gasteiger partial charge in [0.2, 0.25) is 5.91 Å². The molecule has 0 spiro atoms. The smallest absolute Gasteiger partial charge is 0.339 e. The van der Waals surface area contributed by atoms with Gasteiger partial charge in [-0.25, -0.2) is 0 Å². The highest BCUT2D eigenvalue weighted by molar-refractivity contribution is 5.95. The standard InChI is InChI=1S/C17H21F3N2O.ClH/c1-12(14-5-3-4-6-15(14)17(18,19)20)9-16(23)22-8-7-13(11-22)10-21-2;/h3-6,9,13,21H,7-8,10-11H2,1-2H3;1H. The minimum Gasteiger partial charge on any atom is -0.339 e. The normalized spacial score (nSPS) is 18.5. The van der Waals surface area contributed by atoms with E-state index < -0.39 is 11.7 Å². The molecular formula is C17H22ClF3N2O. The zero-order valence-corrected chi connectivity index (χ0v) is 14.5. The Kier molecular flexibility index (Phi) is 7.29. The van der Waals surface area contributed by atoms with Crippen molar-refractivity contribution in [1.82, 2.24) is 10.2 Å². The molecule has 1 amide bonds. The number of carbonyl (C=O) groups is 1. The number of nitrogens with zero attached hydrogens (tertiary/aromatic N) is 1. The van der Waals surface area contributed by atoms with E-state index >= 15 is 0 Å². The lowest BCUT2D eigenvalue weighted by Gasteiger charge is -2.16. The highest BCUT2D eigenvalue weighted by atomic mass is 35.5. The molecule has 24 heavy (non-hydrogen) atoms. The number of alkyl halides is 3. The van der Waals surface area contributed by atoms with Gasteiger partial charge in [-0.2, -0.15) is 13.2 Å². The van der Waals surface area contributed by atoms with Crippen molar-refractivity contribution in [3.05, 3.63) is 41.5 Å². The fraction of sp³-hybridized carbons (Fsp3) is 0.471. The van der Waals surface area contributed by atoms with E-state index in [1.165, 1.54) is 18.2 Å². The zero-order chi connectivity index (χ0) is 17.0. The van der Waals surface area contributed by atoms with E-state index in [4.69, 9.17) is 0 Å². The number of benzene rings is 1. The third-order valence-electron chi connectivity index (χ3n) is 4.09. The van der Waals surface area contributed by atoms with Crippen LogP contribution >= 0.6 is 12.4 Å². The van der Waals surface area contributed by atoms with Gasteiger partial charge < -0.3 is 10.2 Å². The maximum Gasteiger partial charge on any atom is 0.416 e. The molecule has 0 radical (unpaired) electrons. The van der Waals surface area contributed by atoms with E-state index in [0.717, 1.165) is 19.0 Å². The largest absolute Gasteiger partial charge is 0.416 e. The molecule has 1 aliphatic rings. The summed E-state index contributed by atoms with van der Waals surface area (Å²) in [6, 6.07) is 5.33. The van der Waals surface area contributed by atoms with Gasteiger partial charge in [0, 0.05) is 19.2 Å². The number of likely N-dealkylation sites (tertiary alicyclic amines) is 1. The Balaban J connectivity index is 0.00000288. The van der Waals surface area contributed by atoms with Crippen LogP contribution in [0.15, 0.2) is 30.3 Å². The van der Waals surface area contributed by atoms with Crippen molar-refractivity contribution in [2.75, 3.05) is 26.7 Å². The summed E-state index contributed by atoms with van der Waals surface area (Å²) in [4.78, 5) is 14.0. The third kappa shape index (κ3) is 4.98. The fourth-order valence-corrected chi connectivity index (χ4v) is 2.92. The molecule has 7 heteroatoms. The van der Waals surface area contributed by atoms with Crippen LogP contribution in [-0.4, -0.2) is 37.5 Å². The van der Waals surface area contributed by atoms with Gasteiger partial charge in [0.25, 0.3) is 0 Å². The van der Waals surface area contributed by atoms with Crippen molar-refractivity contribution >= 4 is 23.9 Å². The van der Waals surface area contributed by atoms with E-state index in [1.54, 1.807) is 17.9 Å². The highest BCUT2D eigenvalue weighted by Crippen LogP contribution is 2.34. The summed E-state index contributed by atoms with van der Waals surface area (Å²) in [5.41, 5.74) is -0.324. The van der Waals surface area contributed by atoms with Gasteiger partial charge in [-0.1, -0.05) is 18.2 Å². The summed E-state index contributed by atoms with van der Waals surface area (Å²) in [6.45, 7) is 3.67. The summed E-state index contributed by atoms with van der Waals surface area (Å²) >= 11 is 0. The minimum absolute atomic E-state index is 0. The average molecular weight is 363 g/mol. The van der Waals surface area contributed by atoms with Crippen molar-refractivity contribution in [3.8, 4) is 0 Å². The first kappa shape index (κ1) is 20.5. The molecule has 1 heterocycles. The Hall–Kier alpha value is -1.53. The van der Waals surface area contributed by atoms with Gasteiger partial charge >= 0.3 is 6.18 Å². The lowest BCUT2D eigenvalue weighted by Crippen LogP contribution is -2.29. The second-order valence-corrected chi connectivity index (χ2v) is 5.87. The van der Waals surface area contributed by atoms with Gasteiger partial charge in [0.15, 0.2) is 0 Å². The van der Waals surface area contributed by atoms with Crippen molar-refractivity contribution in [2.24, 2.45) is 5.92 Å². The van der Waals surface area contributed by atoms with Crippen LogP contribution in [0.4, 0.5) is 13.2 Å². The highest BCUT2D eigenvalue weighted by Gasteiger charge is 2.33. The number of amides is 1. The van der Waals surface area contributed by atoms with Crippen LogP contribution in [-0.2, 0) is 11.0 Å². The molecule has 0 aromatic heterocycles. The van der Waals surface area contributed by atoms with Crippen LogP contribution in [0.1, 0.15) is 24.5 Å². The predicted molar refractivity (Wildman–Crippen MR) is 91.0 cm³/mol. The molecule has 1 N–H and O–H groups in total. The molecule has 0 saturated carbocycles. The maximum absolute atomic E-state index is 13.1. The van der Waals surface area contributed by atoms with Crippen LogP contribution in [0.2, 0.25) is 0 Å². The van der Waals surface area contributed by atoms with Crippen LogP contribution in [0.3, 0.4) is 0 Å². The van der Waals surface area contributed by atoms with Gasteiger partial charge in [-0.3, -0.25) is 4.79 Å². The van der Waals surface area contributed by atoms with Gasteiger partial charge in [-0.15, -0.1) is 12.4 Å². The molecule has 134 valence electrons. The monoisotopic (exact) mass is 362 g/mol. The van der Waals surface area contributed by atoms with Gasteiger partial charge in [0.1, 0.15) is 0 Å². The number of hydrogen-bond acceptors (Lipinski definition) is 2. The van der Waals surface area contributed by atoms with Crippen LogP contribution < -0.4 is 5.32 Å². The number of rotatable bonds is 4. The van der Waals surface area contributed by atoms with E-state index in [1.807, 2.05) is 7.05 Å². The topological polar surface area (TPSA) is 32.3 Å². The lowest BCUT2D eigenvalue weighted by atomic mass is 10.00. The molecule has 1 unspecified atom stereocenters. The SMILES string of the molecule is CNCC1CCN(C(=O)C=C(C)c2ccccc2C(F)(F)F)C1.Cl. The van der Waals surface area contributed by atoms with Crippen molar-refractivity contribution in [1.29, 1.82) is 0 Å². The second-order valence-electron chi connectivity index (χ2n) is 5.87. The first-order chi connectivity index (χ1) is 10.8. The number of halogens is 4. The lowest BCUT2D eigenvalue weighted by molar-refractivity contribution is -0.137. The van der Waals surface area contributed by atoms with Crippen LogP contribution in [0, 0.1) is 5.92 Å². The molecule has 1 aromatic rings. The summed E-state index contributed by atoms with van der Waals surface area (Å²) in [6.07, 6.45) is -2.20. The molecule has 1 aliphatic heterocycles. The van der Waals surface area contributed by atoms with E-state index in [0.29, 0.717) is 24.6 Å². The molecule has 1 aromatic carbocycles. The molecule has 0 aliphatic carbocycles. The molecule has 1 saturated heterocycles. The first-order valence-electron chi connectivity index (χ1n) is 7.61. The van der Waals surface area contributed by atoms with Gasteiger partial charge in [-0.05, 0) is 50.1 Å². The summed E-state index contributed by atoms with van der Waals surface area (Å²) in [5.74, 6) is 0.179. The number of allylic oxidation sites excluding steroid dienone is 1. The molecule has 3 nitrogen and oxygen atoms in total. The first-order valence-corrected chi connectivity index (χ1v) is 7.61. The quantitative estimate of drug-likeness (QED) is 0.830. The zero-order valence-electron chi connectivity index (χ0n) is 13.7. The maximum atomic E-state index is 13.1. The summed E-state index contributed by atoms with van der Waals surface area (Å²) in [5, 5.41) is 3.08. The number of nitrogens with one attached hydrogen (secondary N) is 1. The second kappa shape index (κ2) is 8.53.